The van der Waals surface area contributed by atoms with Crippen LogP contribution in [-0.2, 0) is 10.4 Å². The summed E-state index contributed by atoms with van der Waals surface area (Å²) < 4.78 is 31.6. The maximum absolute atomic E-state index is 10.8. The zero-order chi connectivity index (χ0) is 15.4. The summed E-state index contributed by atoms with van der Waals surface area (Å²) in [6, 6.07) is 2.92. The van der Waals surface area contributed by atoms with Crippen LogP contribution in [0.1, 0.15) is 31.8 Å². The van der Waals surface area contributed by atoms with Gasteiger partial charge in [0.05, 0.1) is 11.1 Å². The van der Waals surface area contributed by atoms with E-state index in [1.54, 1.807) is 6.92 Å². The molecule has 1 aromatic carbocycles. The predicted molar refractivity (Wildman–Crippen MR) is 71.2 cm³/mol. The Morgan fingerprint density at radius 3 is 1.70 bits per heavy atom. The van der Waals surface area contributed by atoms with Crippen molar-refractivity contribution in [2.45, 2.75) is 13.8 Å². The fourth-order valence-corrected chi connectivity index (χ4v) is 1.41. The summed E-state index contributed by atoms with van der Waals surface area (Å²) in [6.07, 6.45) is 0. The SMILES string of the molecule is Cc1ccc(C(=O)O)c(C)c1C(=O)O.O=S(=O)(O)O.[NaH]. The summed E-state index contributed by atoms with van der Waals surface area (Å²) >= 11 is 0. The van der Waals surface area contributed by atoms with E-state index in [1.165, 1.54) is 19.1 Å². The second-order valence-corrected chi connectivity index (χ2v) is 4.38. The van der Waals surface area contributed by atoms with Gasteiger partial charge in [0, 0.05) is 0 Å². The van der Waals surface area contributed by atoms with E-state index < -0.39 is 22.3 Å². The molecule has 0 aliphatic rings. The van der Waals surface area contributed by atoms with Crippen molar-refractivity contribution < 1.29 is 37.3 Å². The molecule has 0 aliphatic carbocycles. The molecule has 0 aliphatic heterocycles. The average molecular weight is 316 g/mol. The Hall–Kier alpha value is -0.970. The molecule has 0 fully saturated rings. The van der Waals surface area contributed by atoms with Gasteiger partial charge in [0.15, 0.2) is 0 Å². The van der Waals surface area contributed by atoms with E-state index in [0.717, 1.165) is 0 Å². The third-order valence-electron chi connectivity index (χ3n) is 2.12. The summed E-state index contributed by atoms with van der Waals surface area (Å²) in [7, 11) is -4.67. The van der Waals surface area contributed by atoms with Gasteiger partial charge < -0.3 is 10.2 Å². The van der Waals surface area contributed by atoms with Gasteiger partial charge in [0.2, 0.25) is 0 Å². The number of carboxylic acid groups (broad SMARTS) is 2. The first kappa shape index (κ1) is 21.3. The van der Waals surface area contributed by atoms with Crippen LogP contribution in [0.3, 0.4) is 0 Å². The van der Waals surface area contributed by atoms with E-state index in [-0.39, 0.29) is 40.7 Å². The summed E-state index contributed by atoms with van der Waals surface area (Å²) in [5.41, 5.74) is 0.975. The average Bonchev–Trinajstić information content (AvgIpc) is 2.13. The monoisotopic (exact) mass is 316 g/mol. The van der Waals surface area contributed by atoms with Crippen LogP contribution in [0.25, 0.3) is 0 Å². The Bertz CT molecular complexity index is 600. The molecule has 8 nitrogen and oxygen atoms in total. The number of carbonyl (C=O) groups is 2. The van der Waals surface area contributed by atoms with Gasteiger partial charge in [0.25, 0.3) is 0 Å². The van der Waals surface area contributed by atoms with Crippen LogP contribution < -0.4 is 0 Å². The van der Waals surface area contributed by atoms with Gasteiger partial charge in [-0.25, -0.2) is 9.59 Å². The van der Waals surface area contributed by atoms with Crippen molar-refractivity contribution in [3.8, 4) is 0 Å². The van der Waals surface area contributed by atoms with Crippen LogP contribution in [0.2, 0.25) is 0 Å². The second-order valence-electron chi connectivity index (χ2n) is 3.49. The fourth-order valence-electron chi connectivity index (χ4n) is 1.41. The molecule has 10 heteroatoms. The van der Waals surface area contributed by atoms with Crippen molar-refractivity contribution in [1.29, 1.82) is 0 Å². The van der Waals surface area contributed by atoms with Crippen molar-refractivity contribution in [2.75, 3.05) is 0 Å². The van der Waals surface area contributed by atoms with Crippen molar-refractivity contribution in [2.24, 2.45) is 0 Å². The summed E-state index contributed by atoms with van der Waals surface area (Å²) in [6.45, 7) is 3.14. The van der Waals surface area contributed by atoms with E-state index in [2.05, 4.69) is 0 Å². The minimum absolute atomic E-state index is 0. The Morgan fingerprint density at radius 2 is 1.40 bits per heavy atom. The molecule has 0 radical (unpaired) electrons. The molecule has 1 rings (SSSR count). The molecule has 0 saturated carbocycles. The van der Waals surface area contributed by atoms with Crippen LogP contribution in [0.15, 0.2) is 12.1 Å². The van der Waals surface area contributed by atoms with Crippen LogP contribution >= 0.6 is 0 Å². The Kier molecular flexibility index (Phi) is 8.90. The molecule has 0 amide bonds. The number of benzene rings is 1. The molecule has 0 unspecified atom stereocenters. The standard InChI is InChI=1S/C10H10O4.Na.H2O4S.H/c1-5-3-4-7(9(11)12)6(2)8(5)10(13)14;;1-5(2,3)4;/h3-4H,1-2H3,(H,11,12)(H,13,14);;(H2,1,2,3,4);. The number of carboxylic acids is 2. The molecular weight excluding hydrogens is 303 g/mol. The predicted octanol–water partition coefficient (Wildman–Crippen LogP) is 0.399. The van der Waals surface area contributed by atoms with Crippen molar-refractivity contribution >= 4 is 51.9 Å². The molecule has 108 valence electrons. The van der Waals surface area contributed by atoms with Gasteiger partial charge in [-0.15, -0.1) is 0 Å². The van der Waals surface area contributed by atoms with E-state index >= 15 is 0 Å². The Balaban J connectivity index is 0. The molecule has 0 bridgehead atoms. The summed E-state index contributed by atoms with van der Waals surface area (Å²) in [5.74, 6) is -2.20. The maximum atomic E-state index is 10.8. The zero-order valence-corrected chi connectivity index (χ0v) is 10.8. The van der Waals surface area contributed by atoms with E-state index in [1.807, 2.05) is 0 Å². The summed E-state index contributed by atoms with van der Waals surface area (Å²) in [5, 5.41) is 17.6. The van der Waals surface area contributed by atoms with Gasteiger partial charge in [-0.05, 0) is 31.0 Å². The van der Waals surface area contributed by atoms with E-state index in [0.29, 0.717) is 11.1 Å². The van der Waals surface area contributed by atoms with Gasteiger partial charge in [-0.3, -0.25) is 9.11 Å². The first-order valence-electron chi connectivity index (χ1n) is 4.71. The molecule has 0 heterocycles. The first-order chi connectivity index (χ1) is 8.45. The van der Waals surface area contributed by atoms with Gasteiger partial charge >= 0.3 is 51.9 Å². The molecule has 20 heavy (non-hydrogen) atoms. The molecule has 0 atom stereocenters. The Morgan fingerprint density at radius 1 is 1.00 bits per heavy atom. The first-order valence-corrected chi connectivity index (χ1v) is 6.11. The number of hydrogen-bond donors (Lipinski definition) is 4. The summed E-state index contributed by atoms with van der Waals surface area (Å²) in [4.78, 5) is 21.5. The normalized spacial score (nSPS) is 9.80. The second kappa shape index (κ2) is 8.35. The molecule has 4 N–H and O–H groups in total. The molecule has 1 aromatic rings. The third-order valence-corrected chi connectivity index (χ3v) is 2.12. The van der Waals surface area contributed by atoms with Crippen molar-refractivity contribution in [3.05, 3.63) is 34.4 Å². The van der Waals surface area contributed by atoms with Gasteiger partial charge in [0.1, 0.15) is 0 Å². The van der Waals surface area contributed by atoms with Crippen LogP contribution in [0.5, 0.6) is 0 Å². The van der Waals surface area contributed by atoms with Crippen LogP contribution in [0.4, 0.5) is 0 Å². The molecule has 0 spiro atoms. The number of rotatable bonds is 2. The number of aromatic carboxylic acids is 2. The topological polar surface area (TPSA) is 149 Å². The number of hydrogen-bond acceptors (Lipinski definition) is 4. The fraction of sp³-hybridized carbons (Fsp3) is 0.200. The zero-order valence-electron chi connectivity index (χ0n) is 9.98. The van der Waals surface area contributed by atoms with Gasteiger partial charge in [-0.2, -0.15) is 8.42 Å². The van der Waals surface area contributed by atoms with Crippen LogP contribution in [0, 0.1) is 13.8 Å². The molecule has 0 aromatic heterocycles. The quantitative estimate of drug-likeness (QED) is 0.452. The third kappa shape index (κ3) is 7.58. The number of aryl methyl sites for hydroxylation is 1. The van der Waals surface area contributed by atoms with E-state index in [4.69, 9.17) is 27.7 Å². The minimum atomic E-state index is -4.67. The molecular formula is C10H13NaO8S. The van der Waals surface area contributed by atoms with Crippen molar-refractivity contribution in [3.63, 3.8) is 0 Å². The van der Waals surface area contributed by atoms with Crippen molar-refractivity contribution in [1.82, 2.24) is 0 Å². The van der Waals surface area contributed by atoms with E-state index in [9.17, 15) is 9.59 Å². The molecule has 0 saturated heterocycles. The van der Waals surface area contributed by atoms with Crippen LogP contribution in [-0.4, -0.2) is 69.2 Å². The van der Waals surface area contributed by atoms with Gasteiger partial charge in [-0.1, -0.05) is 6.07 Å². The Labute approximate surface area is 137 Å².